The summed E-state index contributed by atoms with van der Waals surface area (Å²) in [6.07, 6.45) is 6.87. The lowest BCUT2D eigenvalue weighted by atomic mass is 9.97. The van der Waals surface area contributed by atoms with E-state index in [1.807, 2.05) is 14.1 Å². The Morgan fingerprint density at radius 3 is 2.80 bits per heavy atom. The molecule has 3 nitrogen and oxygen atoms in total. The van der Waals surface area contributed by atoms with Crippen LogP contribution in [0.1, 0.15) is 56.2 Å². The summed E-state index contributed by atoms with van der Waals surface area (Å²) in [5.41, 5.74) is 3.55. The molecule has 0 saturated carbocycles. The minimum atomic E-state index is 0.195. The molecule has 2 rings (SSSR count). The highest BCUT2D eigenvalue weighted by Crippen LogP contribution is 2.31. The Labute approximate surface area is 122 Å². The van der Waals surface area contributed by atoms with Crippen LogP contribution in [0.2, 0.25) is 0 Å². The van der Waals surface area contributed by atoms with Gasteiger partial charge in [-0.05, 0) is 30.7 Å². The third-order valence-corrected chi connectivity index (χ3v) is 4.28. The normalized spacial score (nSPS) is 15.6. The second-order valence-electron chi connectivity index (χ2n) is 5.71. The number of carbonyl (C=O) groups is 1. The fraction of sp³-hybridized carbons (Fsp3) is 0.588. The van der Waals surface area contributed by atoms with Gasteiger partial charge in [0.25, 0.3) is 0 Å². The number of nitrogens with zero attached hydrogens (tertiary/aromatic N) is 1. The Morgan fingerprint density at radius 1 is 1.30 bits per heavy atom. The third kappa shape index (κ3) is 3.21. The Bertz CT molecular complexity index is 470. The fourth-order valence-corrected chi connectivity index (χ4v) is 2.96. The zero-order chi connectivity index (χ0) is 14.5. The molecule has 110 valence electrons. The maximum Gasteiger partial charge on any atom is 0.231 e. The molecule has 1 aliphatic rings. The van der Waals surface area contributed by atoms with Gasteiger partial charge in [-0.3, -0.25) is 4.79 Å². The average molecular weight is 274 g/mol. The number of likely N-dealkylation sites (N-methyl/N-ethyl adjacent to an activating group) is 1. The van der Waals surface area contributed by atoms with Crippen LogP contribution in [0.4, 0.5) is 5.69 Å². The Hall–Kier alpha value is -1.35. The molecule has 1 unspecified atom stereocenters. The summed E-state index contributed by atoms with van der Waals surface area (Å²) in [6.45, 7) is 2.24. The quantitative estimate of drug-likeness (QED) is 0.773. The summed E-state index contributed by atoms with van der Waals surface area (Å²) in [4.78, 5) is 13.5. The van der Waals surface area contributed by atoms with E-state index in [0.29, 0.717) is 12.5 Å². The number of nitrogens with one attached hydrogen (secondary N) is 1. The van der Waals surface area contributed by atoms with E-state index < -0.39 is 0 Å². The van der Waals surface area contributed by atoms with E-state index in [1.165, 1.54) is 43.2 Å². The van der Waals surface area contributed by atoms with Gasteiger partial charge in [0.15, 0.2) is 0 Å². The average Bonchev–Trinajstić information content (AvgIpc) is 2.74. The molecule has 20 heavy (non-hydrogen) atoms. The molecule has 1 aromatic rings. The van der Waals surface area contributed by atoms with E-state index in [9.17, 15) is 4.79 Å². The summed E-state index contributed by atoms with van der Waals surface area (Å²) in [5, 5.41) is 3.41. The van der Waals surface area contributed by atoms with Crippen molar-refractivity contribution in [3.63, 3.8) is 0 Å². The van der Waals surface area contributed by atoms with E-state index >= 15 is 0 Å². The van der Waals surface area contributed by atoms with Crippen LogP contribution in [0, 0.1) is 0 Å². The number of fused-ring (bicyclic) bond motifs is 1. The lowest BCUT2D eigenvalue weighted by Crippen LogP contribution is -2.20. The van der Waals surface area contributed by atoms with Crippen LogP contribution < -0.4 is 10.2 Å². The van der Waals surface area contributed by atoms with Gasteiger partial charge >= 0.3 is 0 Å². The number of carbonyl (C=O) groups excluding carboxylic acids is 1. The number of unbranched alkanes of at least 4 members (excludes halogenated alkanes) is 3. The minimum absolute atomic E-state index is 0.195. The molecule has 0 saturated heterocycles. The first kappa shape index (κ1) is 15.0. The topological polar surface area (TPSA) is 32.3 Å². The van der Waals surface area contributed by atoms with Gasteiger partial charge in [0.05, 0.1) is 6.42 Å². The van der Waals surface area contributed by atoms with Crippen LogP contribution in [-0.4, -0.2) is 20.0 Å². The van der Waals surface area contributed by atoms with Gasteiger partial charge in [0.2, 0.25) is 5.91 Å². The minimum Gasteiger partial charge on any atom is -0.315 e. The monoisotopic (exact) mass is 274 g/mol. The maximum absolute atomic E-state index is 11.7. The van der Waals surface area contributed by atoms with Crippen LogP contribution in [0.15, 0.2) is 18.2 Å². The van der Waals surface area contributed by atoms with Crippen molar-refractivity contribution < 1.29 is 4.79 Å². The van der Waals surface area contributed by atoms with Gasteiger partial charge in [-0.1, -0.05) is 44.7 Å². The highest BCUT2D eigenvalue weighted by Gasteiger charge is 2.24. The first-order valence-electron chi connectivity index (χ1n) is 7.74. The van der Waals surface area contributed by atoms with E-state index in [-0.39, 0.29) is 5.91 Å². The zero-order valence-corrected chi connectivity index (χ0v) is 12.9. The molecule has 1 aliphatic heterocycles. The smallest absolute Gasteiger partial charge is 0.231 e. The number of amides is 1. The van der Waals surface area contributed by atoms with E-state index in [2.05, 4.69) is 30.4 Å². The number of benzene rings is 1. The summed E-state index contributed by atoms with van der Waals surface area (Å²) in [6, 6.07) is 6.86. The first-order valence-corrected chi connectivity index (χ1v) is 7.74. The molecule has 0 bridgehead atoms. The molecule has 1 aromatic carbocycles. The summed E-state index contributed by atoms with van der Waals surface area (Å²) < 4.78 is 0. The van der Waals surface area contributed by atoms with Crippen molar-refractivity contribution in [3.05, 3.63) is 29.3 Å². The Balaban J connectivity index is 2.04. The van der Waals surface area contributed by atoms with Crippen LogP contribution in [0.3, 0.4) is 0 Å². The summed E-state index contributed by atoms with van der Waals surface area (Å²) in [7, 11) is 3.88. The second kappa shape index (κ2) is 6.89. The first-order chi connectivity index (χ1) is 9.67. The van der Waals surface area contributed by atoms with Gasteiger partial charge in [0, 0.05) is 18.8 Å². The molecule has 0 radical (unpaired) electrons. The van der Waals surface area contributed by atoms with E-state index in [1.54, 1.807) is 4.90 Å². The van der Waals surface area contributed by atoms with Gasteiger partial charge in [-0.25, -0.2) is 0 Å². The molecule has 1 atom stereocenters. The van der Waals surface area contributed by atoms with Gasteiger partial charge in [0.1, 0.15) is 0 Å². The largest absolute Gasteiger partial charge is 0.315 e. The number of hydrogen-bond acceptors (Lipinski definition) is 2. The molecule has 0 aromatic heterocycles. The molecular formula is C17H26N2O. The van der Waals surface area contributed by atoms with Crippen LogP contribution in [0.5, 0.6) is 0 Å². The van der Waals surface area contributed by atoms with Gasteiger partial charge < -0.3 is 10.2 Å². The second-order valence-corrected chi connectivity index (χ2v) is 5.71. The summed E-state index contributed by atoms with van der Waals surface area (Å²) >= 11 is 0. The molecule has 1 N–H and O–H groups in total. The molecule has 0 spiro atoms. The van der Waals surface area contributed by atoms with Gasteiger partial charge in [-0.2, -0.15) is 0 Å². The van der Waals surface area contributed by atoms with Crippen molar-refractivity contribution in [3.8, 4) is 0 Å². The third-order valence-electron chi connectivity index (χ3n) is 4.28. The lowest BCUT2D eigenvalue weighted by molar-refractivity contribution is -0.117. The van der Waals surface area contributed by atoms with Crippen molar-refractivity contribution in [1.82, 2.24) is 5.32 Å². The number of anilines is 1. The van der Waals surface area contributed by atoms with Crippen molar-refractivity contribution in [2.24, 2.45) is 0 Å². The lowest BCUT2D eigenvalue weighted by Gasteiger charge is -2.18. The van der Waals surface area contributed by atoms with Crippen molar-refractivity contribution in [1.29, 1.82) is 0 Å². The van der Waals surface area contributed by atoms with Crippen molar-refractivity contribution >= 4 is 11.6 Å². The van der Waals surface area contributed by atoms with Crippen molar-refractivity contribution in [2.45, 2.75) is 51.5 Å². The molecule has 3 heteroatoms. The van der Waals surface area contributed by atoms with E-state index in [0.717, 1.165) is 5.69 Å². The highest BCUT2D eigenvalue weighted by molar-refractivity contribution is 6.00. The number of hydrogen-bond donors (Lipinski definition) is 1. The predicted octanol–water partition coefficient (Wildman–Crippen LogP) is 3.44. The summed E-state index contributed by atoms with van der Waals surface area (Å²) in [5.74, 6) is 0.195. The highest BCUT2D eigenvalue weighted by atomic mass is 16.2. The molecule has 1 heterocycles. The SMILES string of the molecule is CCCCCCC(NC)c1ccc2c(c1)CC(=O)N2C. The van der Waals surface area contributed by atoms with Crippen LogP contribution >= 0.6 is 0 Å². The van der Waals surface area contributed by atoms with E-state index in [4.69, 9.17) is 0 Å². The zero-order valence-electron chi connectivity index (χ0n) is 12.9. The standard InChI is InChI=1S/C17H26N2O/c1-4-5-6-7-8-15(18-2)13-9-10-16-14(11-13)12-17(20)19(16)3/h9-11,15,18H,4-8,12H2,1-3H3. The van der Waals surface area contributed by atoms with Crippen LogP contribution in [0.25, 0.3) is 0 Å². The Morgan fingerprint density at radius 2 is 2.10 bits per heavy atom. The molecular weight excluding hydrogens is 248 g/mol. The molecule has 0 aliphatic carbocycles. The van der Waals surface area contributed by atoms with Gasteiger partial charge in [-0.15, -0.1) is 0 Å². The van der Waals surface area contributed by atoms with Crippen molar-refractivity contribution in [2.75, 3.05) is 19.0 Å². The Kier molecular flexibility index (Phi) is 5.18. The molecule has 1 amide bonds. The number of rotatable bonds is 7. The fourth-order valence-electron chi connectivity index (χ4n) is 2.96. The maximum atomic E-state index is 11.7. The predicted molar refractivity (Wildman–Crippen MR) is 84.1 cm³/mol. The molecule has 0 fully saturated rings. The van der Waals surface area contributed by atoms with Crippen LogP contribution in [-0.2, 0) is 11.2 Å².